The van der Waals surface area contributed by atoms with Gasteiger partial charge in [0.1, 0.15) is 0 Å². The van der Waals surface area contributed by atoms with E-state index in [1.807, 2.05) is 22.7 Å². The van der Waals surface area contributed by atoms with Crippen LogP contribution in [0.4, 0.5) is 34.1 Å². The molecule has 16 aromatic carbocycles. The normalized spacial score (nSPS) is 11.5. The van der Waals surface area contributed by atoms with Gasteiger partial charge < -0.3 is 9.80 Å². The van der Waals surface area contributed by atoms with Gasteiger partial charge in [-0.2, -0.15) is 0 Å². The van der Waals surface area contributed by atoms with Crippen molar-refractivity contribution in [2.75, 3.05) is 9.80 Å². The van der Waals surface area contributed by atoms with Crippen LogP contribution in [0.1, 0.15) is 45.2 Å². The van der Waals surface area contributed by atoms with Crippen molar-refractivity contribution in [2.45, 2.75) is 11.8 Å². The first-order valence-electron chi connectivity index (χ1n) is 35.0. The van der Waals surface area contributed by atoms with E-state index >= 15 is 0 Å². The molecule has 18 rings (SSSR count). The van der Waals surface area contributed by atoms with Gasteiger partial charge in [-0.3, -0.25) is 0 Å². The Morgan fingerprint density at radius 3 is 0.657 bits per heavy atom. The fourth-order valence-corrected chi connectivity index (χ4v) is 17.6. The van der Waals surface area contributed by atoms with E-state index in [1.165, 1.54) is 118 Å². The minimum Gasteiger partial charge on any atom is -0.311 e. The van der Waals surface area contributed by atoms with Gasteiger partial charge in [0.15, 0.2) is 0 Å². The Labute approximate surface area is 603 Å². The third kappa shape index (κ3) is 12.0. The molecule has 0 aliphatic carbocycles. The van der Waals surface area contributed by atoms with E-state index in [4.69, 9.17) is 0 Å². The molecular formula is C98H68N2S2. The van der Waals surface area contributed by atoms with Gasteiger partial charge in [-0.1, -0.05) is 315 Å². The lowest BCUT2D eigenvalue weighted by atomic mass is 9.84. The molecule has 0 amide bonds. The predicted octanol–water partition coefficient (Wildman–Crippen LogP) is 28.1. The van der Waals surface area contributed by atoms with Gasteiger partial charge in [0.2, 0.25) is 0 Å². The van der Waals surface area contributed by atoms with Crippen molar-refractivity contribution in [2.24, 2.45) is 0 Å². The highest BCUT2D eigenvalue weighted by molar-refractivity contribution is 7.26. The molecule has 0 saturated heterocycles. The minimum atomic E-state index is 0.138. The van der Waals surface area contributed by atoms with E-state index in [1.54, 1.807) is 0 Å². The predicted molar refractivity (Wildman–Crippen MR) is 436 cm³/mol. The summed E-state index contributed by atoms with van der Waals surface area (Å²) < 4.78 is 5.25. The maximum atomic E-state index is 2.38. The van der Waals surface area contributed by atoms with Crippen molar-refractivity contribution in [1.29, 1.82) is 0 Å². The average molecular weight is 1340 g/mol. The molecule has 0 saturated carbocycles. The lowest BCUT2D eigenvalue weighted by Crippen LogP contribution is -2.10. The number of thiophene rings is 2. The molecule has 0 radical (unpaired) electrons. The van der Waals surface area contributed by atoms with Gasteiger partial charge in [-0.05, 0) is 174 Å². The van der Waals surface area contributed by atoms with Crippen LogP contribution in [0, 0.1) is 0 Å². The second kappa shape index (κ2) is 27.3. The smallest absolute Gasteiger partial charge is 0.0462 e. The lowest BCUT2D eigenvalue weighted by Gasteiger charge is -2.27. The van der Waals surface area contributed by atoms with Crippen LogP contribution in [-0.4, -0.2) is 0 Å². The molecule has 2 heterocycles. The van der Waals surface area contributed by atoms with Crippen molar-refractivity contribution in [1.82, 2.24) is 0 Å². The minimum absolute atomic E-state index is 0.138. The summed E-state index contributed by atoms with van der Waals surface area (Å²) in [7, 11) is 0. The third-order valence-electron chi connectivity index (χ3n) is 20.2. The fourth-order valence-electron chi connectivity index (χ4n) is 15.1. The molecular weight excluding hydrogens is 1270 g/mol. The van der Waals surface area contributed by atoms with Crippen LogP contribution in [0.25, 0.3) is 96.0 Å². The fraction of sp³-hybridized carbons (Fsp3) is 0.0204. The Hall–Kier alpha value is -12.4. The Balaban J connectivity index is 0.664. The highest BCUT2D eigenvalue weighted by atomic mass is 32.1. The zero-order valence-electron chi connectivity index (χ0n) is 56.0. The summed E-state index contributed by atoms with van der Waals surface area (Å²) >= 11 is 3.75. The summed E-state index contributed by atoms with van der Waals surface area (Å²) in [6.07, 6.45) is 0. The molecule has 0 unspecified atom stereocenters. The van der Waals surface area contributed by atoms with E-state index in [-0.39, 0.29) is 11.8 Å². The molecule has 0 fully saturated rings. The summed E-state index contributed by atoms with van der Waals surface area (Å²) in [6.45, 7) is 0. The monoisotopic (exact) mass is 1340 g/mol. The molecule has 18 aromatic rings. The van der Waals surface area contributed by atoms with Crippen molar-refractivity contribution in [3.05, 3.63) is 434 Å². The van der Waals surface area contributed by atoms with Crippen molar-refractivity contribution < 1.29 is 0 Å². The molecule has 0 N–H and O–H groups in total. The Bertz CT molecular complexity index is 5470. The Morgan fingerprint density at radius 2 is 0.382 bits per heavy atom. The maximum absolute atomic E-state index is 2.38. The second-order valence-electron chi connectivity index (χ2n) is 26.3. The van der Waals surface area contributed by atoms with Crippen LogP contribution in [0.15, 0.2) is 400 Å². The largest absolute Gasteiger partial charge is 0.311 e. The first-order valence-corrected chi connectivity index (χ1v) is 36.6. The molecule has 0 atom stereocenters. The molecule has 102 heavy (non-hydrogen) atoms. The molecule has 0 spiro atoms. The van der Waals surface area contributed by atoms with Crippen LogP contribution in [0.5, 0.6) is 0 Å². The van der Waals surface area contributed by atoms with Crippen LogP contribution < -0.4 is 9.80 Å². The van der Waals surface area contributed by atoms with E-state index in [2.05, 4.69) is 410 Å². The molecule has 0 aliphatic rings. The number of hydrogen-bond donors (Lipinski definition) is 0. The average Bonchev–Trinajstić information content (AvgIpc) is 1.56. The van der Waals surface area contributed by atoms with Gasteiger partial charge in [-0.15, -0.1) is 22.7 Å². The second-order valence-corrected chi connectivity index (χ2v) is 28.4. The number of anilines is 6. The zero-order valence-corrected chi connectivity index (χ0v) is 57.6. The first kappa shape index (κ1) is 61.9. The van der Waals surface area contributed by atoms with Gasteiger partial charge in [-0.25, -0.2) is 0 Å². The maximum Gasteiger partial charge on any atom is 0.0462 e. The Kier molecular flexibility index (Phi) is 16.6. The van der Waals surface area contributed by atoms with Gasteiger partial charge in [0.05, 0.1) is 0 Å². The standard InChI is InChI=1S/C98H68N2S2/c1-5-19-75(20-6-1)95(76-21-7-2-8-22-76)79-39-35-67(36-40-79)69-43-55-81(56-44-69)99(85-63-51-73(52-64-85)87-29-17-31-91-89-27-13-15-33-93(89)101-97(87)91)83-59-47-71(48-60-83)72-49-61-84(62-50-72)100(86-65-53-74(54-66-86)88-30-18-32-92-90-28-14-16-34-94(90)102-98(88)92)82-57-45-70(46-58-82)68-37-41-80(42-38-68)96(77-23-9-3-10-24-77)78-25-11-4-12-26-78/h1-66,95-96H. The van der Waals surface area contributed by atoms with E-state index in [0.717, 1.165) is 45.3 Å². The third-order valence-corrected chi connectivity index (χ3v) is 22.6. The van der Waals surface area contributed by atoms with Gasteiger partial charge in [0.25, 0.3) is 0 Å². The molecule has 482 valence electrons. The molecule has 0 aliphatic heterocycles. The number of benzene rings is 16. The van der Waals surface area contributed by atoms with Crippen LogP contribution in [-0.2, 0) is 0 Å². The van der Waals surface area contributed by atoms with E-state index in [9.17, 15) is 0 Å². The van der Waals surface area contributed by atoms with Gasteiger partial charge >= 0.3 is 0 Å². The summed E-state index contributed by atoms with van der Waals surface area (Å²) in [5, 5.41) is 5.22. The summed E-state index contributed by atoms with van der Waals surface area (Å²) in [4.78, 5) is 4.77. The number of nitrogens with zero attached hydrogens (tertiary/aromatic N) is 2. The highest BCUT2D eigenvalue weighted by Gasteiger charge is 2.22. The van der Waals surface area contributed by atoms with Crippen molar-refractivity contribution >= 4 is 97.1 Å². The van der Waals surface area contributed by atoms with Crippen molar-refractivity contribution in [3.63, 3.8) is 0 Å². The number of hydrogen-bond acceptors (Lipinski definition) is 4. The summed E-state index contributed by atoms with van der Waals surface area (Å²) in [5.41, 5.74) is 26.0. The number of fused-ring (bicyclic) bond motifs is 6. The molecule has 2 aromatic heterocycles. The number of rotatable bonds is 17. The van der Waals surface area contributed by atoms with Crippen molar-refractivity contribution in [3.8, 4) is 55.6 Å². The quantitative estimate of drug-likeness (QED) is 0.0839. The van der Waals surface area contributed by atoms with Crippen LogP contribution in [0.2, 0.25) is 0 Å². The molecule has 0 bridgehead atoms. The van der Waals surface area contributed by atoms with Crippen LogP contribution in [0.3, 0.4) is 0 Å². The van der Waals surface area contributed by atoms with E-state index < -0.39 is 0 Å². The van der Waals surface area contributed by atoms with Crippen LogP contribution >= 0.6 is 22.7 Å². The lowest BCUT2D eigenvalue weighted by molar-refractivity contribution is 0.978. The SMILES string of the molecule is c1ccc(C(c2ccccc2)c2ccc(-c3ccc(N(c4ccc(-c5ccc(N(c6ccc(-c7ccc(C(c8ccccc8)c8ccccc8)cc7)cc6)c6ccc(-c7cccc8c7sc7ccccc78)cc6)cc5)cc4)c4ccc(-c5cccc6c5sc5ccccc56)cc4)cc3)cc2)cc1. The topological polar surface area (TPSA) is 6.48 Å². The summed E-state index contributed by atoms with van der Waals surface area (Å²) in [5.74, 6) is 0.276. The molecule has 4 heteroatoms. The highest BCUT2D eigenvalue weighted by Crippen LogP contribution is 2.46. The van der Waals surface area contributed by atoms with Gasteiger partial charge in [0, 0.05) is 86.3 Å². The zero-order chi connectivity index (χ0) is 67.7. The van der Waals surface area contributed by atoms with E-state index in [0.29, 0.717) is 0 Å². The summed E-state index contributed by atoms with van der Waals surface area (Å²) in [6, 6.07) is 147. The molecule has 2 nitrogen and oxygen atoms in total. The first-order chi connectivity index (χ1) is 50.6. The Morgan fingerprint density at radius 1 is 0.167 bits per heavy atom.